The quantitative estimate of drug-likeness (QED) is 0.320. The standard InChI is InChI=1S/C20H22N2O4S/c1-24-12-11-22-19(23)17-5-3-4-6-18(17)21-20(22)27-14-13-26-16-9-7-15(25-2)8-10-16/h3-10H,11-14H2,1-2H3. The van der Waals surface area contributed by atoms with Gasteiger partial charge in [-0.1, -0.05) is 23.9 Å². The summed E-state index contributed by atoms with van der Waals surface area (Å²) in [5.41, 5.74) is 0.658. The summed E-state index contributed by atoms with van der Waals surface area (Å²) in [5.74, 6) is 2.24. The van der Waals surface area contributed by atoms with Crippen LogP contribution in [0.3, 0.4) is 0 Å². The van der Waals surface area contributed by atoms with Crippen LogP contribution in [0.5, 0.6) is 11.5 Å². The predicted octanol–water partition coefficient (Wildman–Crippen LogP) is 3.22. The molecule has 0 amide bonds. The number of rotatable bonds is 9. The lowest BCUT2D eigenvalue weighted by Crippen LogP contribution is -2.25. The van der Waals surface area contributed by atoms with E-state index in [0.29, 0.717) is 41.6 Å². The average molecular weight is 386 g/mol. The first-order chi connectivity index (χ1) is 13.2. The number of ether oxygens (including phenoxy) is 3. The SMILES string of the molecule is COCCn1c(SCCOc2ccc(OC)cc2)nc2ccccc2c1=O. The van der Waals surface area contributed by atoms with Crippen LogP contribution in [0.15, 0.2) is 58.5 Å². The van der Waals surface area contributed by atoms with Crippen molar-refractivity contribution in [2.24, 2.45) is 0 Å². The van der Waals surface area contributed by atoms with Gasteiger partial charge in [-0.25, -0.2) is 4.98 Å². The molecule has 7 heteroatoms. The van der Waals surface area contributed by atoms with Gasteiger partial charge in [0.25, 0.3) is 5.56 Å². The van der Waals surface area contributed by atoms with E-state index in [1.54, 1.807) is 24.9 Å². The Morgan fingerprint density at radius 1 is 1.00 bits per heavy atom. The maximum atomic E-state index is 12.8. The maximum Gasteiger partial charge on any atom is 0.262 e. The van der Waals surface area contributed by atoms with Gasteiger partial charge in [0.1, 0.15) is 11.5 Å². The molecule has 0 bridgehead atoms. The van der Waals surface area contributed by atoms with Crippen LogP contribution in [0.4, 0.5) is 0 Å². The largest absolute Gasteiger partial charge is 0.497 e. The van der Waals surface area contributed by atoms with Crippen LogP contribution < -0.4 is 15.0 Å². The molecular weight excluding hydrogens is 364 g/mol. The Bertz CT molecular complexity index is 941. The predicted molar refractivity (Wildman–Crippen MR) is 107 cm³/mol. The van der Waals surface area contributed by atoms with Gasteiger partial charge >= 0.3 is 0 Å². The lowest BCUT2D eigenvalue weighted by atomic mass is 10.2. The Morgan fingerprint density at radius 3 is 2.48 bits per heavy atom. The molecule has 142 valence electrons. The number of methoxy groups -OCH3 is 2. The Labute approximate surface area is 162 Å². The topological polar surface area (TPSA) is 62.6 Å². The van der Waals surface area contributed by atoms with Crippen molar-refractivity contribution in [3.63, 3.8) is 0 Å². The summed E-state index contributed by atoms with van der Waals surface area (Å²) in [6.45, 7) is 1.43. The van der Waals surface area contributed by atoms with Crippen molar-refractivity contribution in [2.45, 2.75) is 11.7 Å². The molecule has 3 rings (SSSR count). The Hall–Kier alpha value is -2.51. The molecule has 0 N–H and O–H groups in total. The van der Waals surface area contributed by atoms with Crippen LogP contribution in [0, 0.1) is 0 Å². The number of fused-ring (bicyclic) bond motifs is 1. The summed E-state index contributed by atoms with van der Waals surface area (Å²) in [5, 5.41) is 1.29. The second-order valence-electron chi connectivity index (χ2n) is 5.73. The van der Waals surface area contributed by atoms with Crippen molar-refractivity contribution in [1.29, 1.82) is 0 Å². The molecule has 1 heterocycles. The van der Waals surface area contributed by atoms with Gasteiger partial charge in [-0.15, -0.1) is 0 Å². The third-order valence-electron chi connectivity index (χ3n) is 3.99. The highest BCUT2D eigenvalue weighted by molar-refractivity contribution is 7.99. The fourth-order valence-corrected chi connectivity index (χ4v) is 3.44. The highest BCUT2D eigenvalue weighted by Gasteiger charge is 2.11. The van der Waals surface area contributed by atoms with Gasteiger partial charge < -0.3 is 14.2 Å². The van der Waals surface area contributed by atoms with E-state index in [9.17, 15) is 4.79 Å². The van der Waals surface area contributed by atoms with Crippen LogP contribution >= 0.6 is 11.8 Å². The average Bonchev–Trinajstić information content (AvgIpc) is 2.71. The van der Waals surface area contributed by atoms with E-state index >= 15 is 0 Å². The number of benzene rings is 2. The third-order valence-corrected chi connectivity index (χ3v) is 4.93. The number of para-hydroxylation sites is 1. The summed E-state index contributed by atoms with van der Waals surface area (Å²) in [4.78, 5) is 17.4. The summed E-state index contributed by atoms with van der Waals surface area (Å²) in [6.07, 6.45) is 0. The molecule has 1 aromatic heterocycles. The molecule has 3 aromatic rings. The molecule has 27 heavy (non-hydrogen) atoms. The van der Waals surface area contributed by atoms with E-state index in [0.717, 1.165) is 11.5 Å². The second kappa shape index (κ2) is 9.43. The molecule has 0 aliphatic carbocycles. The van der Waals surface area contributed by atoms with Gasteiger partial charge in [0.05, 0.1) is 37.8 Å². The van der Waals surface area contributed by atoms with E-state index in [1.807, 2.05) is 42.5 Å². The number of hydrogen-bond acceptors (Lipinski definition) is 6. The molecule has 0 fully saturated rings. The van der Waals surface area contributed by atoms with Crippen molar-refractivity contribution in [3.05, 3.63) is 58.9 Å². The zero-order chi connectivity index (χ0) is 19.1. The zero-order valence-corrected chi connectivity index (χ0v) is 16.2. The van der Waals surface area contributed by atoms with Crippen LogP contribution in [0.1, 0.15) is 0 Å². The van der Waals surface area contributed by atoms with Crippen molar-refractivity contribution < 1.29 is 14.2 Å². The molecule has 0 aliphatic heterocycles. The molecular formula is C20H22N2O4S. The lowest BCUT2D eigenvalue weighted by Gasteiger charge is -2.13. The minimum Gasteiger partial charge on any atom is -0.497 e. The van der Waals surface area contributed by atoms with Crippen molar-refractivity contribution in [1.82, 2.24) is 9.55 Å². The van der Waals surface area contributed by atoms with Gasteiger partial charge in [0.15, 0.2) is 5.16 Å². The van der Waals surface area contributed by atoms with E-state index in [2.05, 4.69) is 4.98 Å². The zero-order valence-electron chi connectivity index (χ0n) is 15.4. The molecule has 0 spiro atoms. The van der Waals surface area contributed by atoms with E-state index < -0.39 is 0 Å². The van der Waals surface area contributed by atoms with Gasteiger partial charge in [-0.05, 0) is 36.4 Å². The van der Waals surface area contributed by atoms with Crippen molar-refractivity contribution in [3.8, 4) is 11.5 Å². The third kappa shape index (κ3) is 4.81. The molecule has 0 aliphatic rings. The smallest absolute Gasteiger partial charge is 0.262 e. The van der Waals surface area contributed by atoms with Crippen LogP contribution in [0.2, 0.25) is 0 Å². The summed E-state index contributed by atoms with van der Waals surface area (Å²) >= 11 is 1.50. The Morgan fingerprint density at radius 2 is 1.74 bits per heavy atom. The molecule has 0 unspecified atom stereocenters. The molecule has 6 nitrogen and oxygen atoms in total. The highest BCUT2D eigenvalue weighted by Crippen LogP contribution is 2.20. The number of thioether (sulfide) groups is 1. The normalized spacial score (nSPS) is 10.9. The molecule has 0 saturated carbocycles. The fourth-order valence-electron chi connectivity index (χ4n) is 2.60. The lowest BCUT2D eigenvalue weighted by molar-refractivity contribution is 0.183. The molecule has 0 radical (unpaired) electrons. The van der Waals surface area contributed by atoms with E-state index in [-0.39, 0.29) is 5.56 Å². The summed E-state index contributed by atoms with van der Waals surface area (Å²) < 4.78 is 17.7. The van der Waals surface area contributed by atoms with Gasteiger partial charge in [0, 0.05) is 12.9 Å². The second-order valence-corrected chi connectivity index (χ2v) is 6.80. The van der Waals surface area contributed by atoms with Crippen molar-refractivity contribution in [2.75, 3.05) is 33.2 Å². The fraction of sp³-hybridized carbons (Fsp3) is 0.300. The van der Waals surface area contributed by atoms with E-state index in [4.69, 9.17) is 14.2 Å². The first kappa shape index (κ1) is 19.3. The first-order valence-corrected chi connectivity index (χ1v) is 9.59. The minimum atomic E-state index is -0.0452. The minimum absolute atomic E-state index is 0.0452. The van der Waals surface area contributed by atoms with Gasteiger partial charge in [-0.3, -0.25) is 9.36 Å². The highest BCUT2D eigenvalue weighted by atomic mass is 32.2. The van der Waals surface area contributed by atoms with Crippen LogP contribution in [-0.4, -0.2) is 42.7 Å². The summed E-state index contributed by atoms with van der Waals surface area (Å²) in [7, 11) is 3.25. The van der Waals surface area contributed by atoms with Crippen molar-refractivity contribution >= 4 is 22.7 Å². The monoisotopic (exact) mass is 386 g/mol. The number of nitrogens with zero attached hydrogens (tertiary/aromatic N) is 2. The first-order valence-electron chi connectivity index (χ1n) is 8.61. The maximum absolute atomic E-state index is 12.8. The summed E-state index contributed by atoms with van der Waals surface area (Å²) in [6, 6.07) is 14.8. The van der Waals surface area contributed by atoms with Gasteiger partial charge in [0.2, 0.25) is 0 Å². The molecule has 0 atom stereocenters. The molecule has 0 saturated heterocycles. The van der Waals surface area contributed by atoms with Gasteiger partial charge in [-0.2, -0.15) is 0 Å². The Balaban J connectivity index is 1.70. The van der Waals surface area contributed by atoms with E-state index in [1.165, 1.54) is 11.8 Å². The Kier molecular flexibility index (Phi) is 6.73. The van der Waals surface area contributed by atoms with Crippen LogP contribution in [-0.2, 0) is 11.3 Å². The number of aromatic nitrogens is 2. The molecule has 2 aromatic carbocycles. The number of hydrogen-bond donors (Lipinski definition) is 0. The van der Waals surface area contributed by atoms with Crippen LogP contribution in [0.25, 0.3) is 10.9 Å².